The number of amides is 1. The number of carbonyl (C=O) groups excluding carboxylic acids is 1. The molecule has 1 aromatic heterocycles. The Bertz CT molecular complexity index is 982. The average molecular weight is 364 g/mol. The smallest absolute Gasteiger partial charge is 0.272 e. The maximum absolute atomic E-state index is 12.4. The summed E-state index contributed by atoms with van der Waals surface area (Å²) in [6.07, 6.45) is 0. The number of fused-ring (bicyclic) bond motifs is 1. The molecule has 0 aliphatic heterocycles. The van der Waals surface area contributed by atoms with E-state index in [-0.39, 0.29) is 18.0 Å². The minimum atomic E-state index is -0.231. The second-order valence-electron chi connectivity index (χ2n) is 6.65. The summed E-state index contributed by atoms with van der Waals surface area (Å²) in [7, 11) is 2.02. The van der Waals surface area contributed by atoms with Crippen LogP contribution in [0.25, 0.3) is 11.0 Å². The van der Waals surface area contributed by atoms with Gasteiger partial charge in [0, 0.05) is 19.6 Å². The number of nitrogens with zero attached hydrogens (tertiary/aromatic N) is 3. The van der Waals surface area contributed by atoms with Crippen LogP contribution in [0.5, 0.6) is 0 Å². The highest BCUT2D eigenvalue weighted by atomic mass is 16.2. The SMILES string of the molecule is Cc1nc2ccccc2n(CC(=O)NCCN(C)Cc2ccccc2)c1=O. The third-order valence-electron chi connectivity index (χ3n) is 4.43. The van der Waals surface area contributed by atoms with Gasteiger partial charge in [-0.1, -0.05) is 42.5 Å². The van der Waals surface area contributed by atoms with Crippen LogP contribution in [0, 0.1) is 6.92 Å². The van der Waals surface area contributed by atoms with Gasteiger partial charge in [0.1, 0.15) is 12.2 Å². The lowest BCUT2D eigenvalue weighted by atomic mass is 10.2. The van der Waals surface area contributed by atoms with Crippen molar-refractivity contribution in [2.75, 3.05) is 20.1 Å². The van der Waals surface area contributed by atoms with E-state index >= 15 is 0 Å². The van der Waals surface area contributed by atoms with Crippen molar-refractivity contribution in [2.45, 2.75) is 20.0 Å². The average Bonchev–Trinajstić information content (AvgIpc) is 2.66. The third kappa shape index (κ3) is 4.80. The Balaban J connectivity index is 1.58. The van der Waals surface area contributed by atoms with Crippen molar-refractivity contribution in [1.29, 1.82) is 0 Å². The largest absolute Gasteiger partial charge is 0.353 e. The fourth-order valence-corrected chi connectivity index (χ4v) is 3.04. The zero-order valence-corrected chi connectivity index (χ0v) is 15.7. The summed E-state index contributed by atoms with van der Waals surface area (Å²) in [5.74, 6) is -0.180. The fraction of sp³-hybridized carbons (Fsp3) is 0.286. The number of hydrogen-bond acceptors (Lipinski definition) is 4. The van der Waals surface area contributed by atoms with E-state index in [1.54, 1.807) is 6.92 Å². The first-order valence-electron chi connectivity index (χ1n) is 9.00. The Hall–Kier alpha value is -2.99. The van der Waals surface area contributed by atoms with Crippen LogP contribution in [0.4, 0.5) is 0 Å². The van der Waals surface area contributed by atoms with Crippen molar-refractivity contribution in [1.82, 2.24) is 19.8 Å². The predicted molar refractivity (Wildman–Crippen MR) is 107 cm³/mol. The van der Waals surface area contributed by atoms with E-state index in [4.69, 9.17) is 0 Å². The zero-order valence-electron chi connectivity index (χ0n) is 15.7. The van der Waals surface area contributed by atoms with E-state index in [2.05, 4.69) is 27.3 Å². The van der Waals surface area contributed by atoms with Crippen molar-refractivity contribution in [3.05, 3.63) is 76.2 Å². The molecule has 3 aromatic rings. The van der Waals surface area contributed by atoms with Crippen LogP contribution in [0.15, 0.2) is 59.4 Å². The molecule has 1 amide bonds. The van der Waals surface area contributed by atoms with Crippen LogP contribution < -0.4 is 10.9 Å². The maximum Gasteiger partial charge on any atom is 0.272 e. The normalized spacial score (nSPS) is 11.1. The first-order chi connectivity index (χ1) is 13.0. The highest BCUT2D eigenvalue weighted by Crippen LogP contribution is 2.09. The summed E-state index contributed by atoms with van der Waals surface area (Å²) >= 11 is 0. The van der Waals surface area contributed by atoms with Crippen LogP contribution in [0.3, 0.4) is 0 Å². The number of carbonyl (C=O) groups is 1. The topological polar surface area (TPSA) is 67.2 Å². The third-order valence-corrected chi connectivity index (χ3v) is 4.43. The summed E-state index contributed by atoms with van der Waals surface area (Å²) in [6, 6.07) is 17.6. The van der Waals surface area contributed by atoms with E-state index in [0.717, 1.165) is 13.1 Å². The standard InChI is InChI=1S/C21H24N4O2/c1-16-21(27)25(19-11-7-6-10-18(19)23-16)15-20(26)22-12-13-24(2)14-17-8-4-3-5-9-17/h3-11H,12-15H2,1-2H3,(H,22,26). The molecule has 0 aliphatic carbocycles. The van der Waals surface area contributed by atoms with Crippen molar-refractivity contribution in [3.63, 3.8) is 0 Å². The summed E-state index contributed by atoms with van der Waals surface area (Å²) in [4.78, 5) is 31.2. The van der Waals surface area contributed by atoms with Gasteiger partial charge in [0.05, 0.1) is 11.0 Å². The summed E-state index contributed by atoms with van der Waals surface area (Å²) in [5.41, 5.74) is 2.78. The minimum absolute atomic E-state index is 0.00882. The van der Waals surface area contributed by atoms with Gasteiger partial charge in [-0.2, -0.15) is 0 Å². The van der Waals surface area contributed by atoms with Gasteiger partial charge in [0.15, 0.2) is 0 Å². The molecule has 6 nitrogen and oxygen atoms in total. The Morgan fingerprint density at radius 2 is 1.81 bits per heavy atom. The Morgan fingerprint density at radius 1 is 1.11 bits per heavy atom. The number of para-hydroxylation sites is 2. The molecule has 0 radical (unpaired) electrons. The van der Waals surface area contributed by atoms with Crippen LogP contribution in [0.2, 0.25) is 0 Å². The van der Waals surface area contributed by atoms with Gasteiger partial charge < -0.3 is 10.2 Å². The fourth-order valence-electron chi connectivity index (χ4n) is 3.04. The molecule has 3 rings (SSSR count). The minimum Gasteiger partial charge on any atom is -0.353 e. The van der Waals surface area contributed by atoms with Crippen molar-refractivity contribution >= 4 is 16.9 Å². The number of likely N-dealkylation sites (N-methyl/N-ethyl adjacent to an activating group) is 1. The number of rotatable bonds is 7. The maximum atomic E-state index is 12.4. The molecular formula is C21H24N4O2. The molecule has 0 spiro atoms. The quantitative estimate of drug-likeness (QED) is 0.696. The molecule has 6 heteroatoms. The molecular weight excluding hydrogens is 340 g/mol. The van der Waals surface area contributed by atoms with Crippen molar-refractivity contribution in [3.8, 4) is 0 Å². The van der Waals surface area contributed by atoms with Gasteiger partial charge in [-0.3, -0.25) is 14.2 Å². The Kier molecular flexibility index (Phi) is 5.98. The van der Waals surface area contributed by atoms with E-state index in [0.29, 0.717) is 23.3 Å². The molecule has 27 heavy (non-hydrogen) atoms. The molecule has 2 aromatic carbocycles. The van der Waals surface area contributed by atoms with Crippen LogP contribution in [-0.4, -0.2) is 40.5 Å². The molecule has 0 atom stereocenters. The molecule has 0 saturated carbocycles. The number of nitrogens with one attached hydrogen (secondary N) is 1. The van der Waals surface area contributed by atoms with Gasteiger partial charge in [-0.05, 0) is 31.7 Å². The Morgan fingerprint density at radius 3 is 2.59 bits per heavy atom. The van der Waals surface area contributed by atoms with Gasteiger partial charge in [-0.25, -0.2) is 4.98 Å². The highest BCUT2D eigenvalue weighted by molar-refractivity contribution is 5.80. The molecule has 0 fully saturated rings. The second kappa shape index (κ2) is 8.60. The summed E-state index contributed by atoms with van der Waals surface area (Å²) in [6.45, 7) is 3.74. The van der Waals surface area contributed by atoms with E-state index in [9.17, 15) is 9.59 Å². The van der Waals surface area contributed by atoms with Crippen molar-refractivity contribution in [2.24, 2.45) is 0 Å². The van der Waals surface area contributed by atoms with Crippen LogP contribution >= 0.6 is 0 Å². The summed E-state index contributed by atoms with van der Waals surface area (Å²) < 4.78 is 1.49. The van der Waals surface area contributed by atoms with Gasteiger partial charge in [0.25, 0.3) is 5.56 Å². The lowest BCUT2D eigenvalue weighted by Gasteiger charge is -2.17. The molecule has 0 saturated heterocycles. The predicted octanol–water partition coefficient (Wildman–Crippen LogP) is 1.95. The molecule has 0 aliphatic rings. The number of benzene rings is 2. The highest BCUT2D eigenvalue weighted by Gasteiger charge is 2.11. The number of hydrogen-bond donors (Lipinski definition) is 1. The van der Waals surface area contributed by atoms with Crippen molar-refractivity contribution < 1.29 is 4.79 Å². The molecule has 0 unspecified atom stereocenters. The second-order valence-corrected chi connectivity index (χ2v) is 6.65. The molecule has 1 heterocycles. The van der Waals surface area contributed by atoms with Gasteiger partial charge >= 0.3 is 0 Å². The zero-order chi connectivity index (χ0) is 19.2. The molecule has 1 N–H and O–H groups in total. The van der Waals surface area contributed by atoms with Gasteiger partial charge in [0.2, 0.25) is 5.91 Å². The Labute approximate surface area is 158 Å². The molecule has 140 valence electrons. The lowest BCUT2D eigenvalue weighted by molar-refractivity contribution is -0.121. The first-order valence-corrected chi connectivity index (χ1v) is 9.00. The summed E-state index contributed by atoms with van der Waals surface area (Å²) in [5, 5.41) is 2.90. The lowest BCUT2D eigenvalue weighted by Crippen LogP contribution is -2.37. The number of aromatic nitrogens is 2. The number of aryl methyl sites for hydroxylation is 1. The molecule has 0 bridgehead atoms. The van der Waals surface area contributed by atoms with E-state index in [1.165, 1.54) is 10.1 Å². The van der Waals surface area contributed by atoms with E-state index < -0.39 is 0 Å². The first kappa shape index (κ1) is 18.8. The van der Waals surface area contributed by atoms with Crippen LogP contribution in [0.1, 0.15) is 11.3 Å². The van der Waals surface area contributed by atoms with Crippen LogP contribution in [-0.2, 0) is 17.9 Å². The monoisotopic (exact) mass is 364 g/mol. The van der Waals surface area contributed by atoms with E-state index in [1.807, 2.05) is 49.5 Å². The van der Waals surface area contributed by atoms with Gasteiger partial charge in [-0.15, -0.1) is 0 Å².